The maximum atomic E-state index is 11.9. The van der Waals surface area contributed by atoms with E-state index in [0.29, 0.717) is 23.6 Å². The number of hydrogen-bond acceptors (Lipinski definition) is 4. The second-order valence-corrected chi connectivity index (χ2v) is 4.92. The number of nitrogens with one attached hydrogen (secondary N) is 1. The lowest BCUT2D eigenvalue weighted by molar-refractivity contribution is -0.119. The van der Waals surface area contributed by atoms with Gasteiger partial charge in [0.05, 0.1) is 17.9 Å². The summed E-state index contributed by atoms with van der Waals surface area (Å²) in [5, 5.41) is 2.67. The highest BCUT2D eigenvalue weighted by molar-refractivity contribution is 5.96. The second kappa shape index (κ2) is 7.98. The summed E-state index contributed by atoms with van der Waals surface area (Å²) < 4.78 is 10.4. The third-order valence-corrected chi connectivity index (χ3v) is 3.05. The molecular formula is C18H19NO4. The number of para-hydroxylation sites is 2. The third kappa shape index (κ3) is 4.85. The van der Waals surface area contributed by atoms with E-state index in [-0.39, 0.29) is 6.61 Å². The molecule has 2 rings (SSSR count). The number of anilines is 1. The highest BCUT2D eigenvalue weighted by Crippen LogP contribution is 2.23. The lowest BCUT2D eigenvalue weighted by Gasteiger charge is -2.11. The third-order valence-electron chi connectivity index (χ3n) is 3.05. The zero-order valence-electron chi connectivity index (χ0n) is 13.2. The van der Waals surface area contributed by atoms with E-state index in [1.165, 1.54) is 0 Å². The number of amides is 1. The first kappa shape index (κ1) is 16.5. The van der Waals surface area contributed by atoms with Gasteiger partial charge in [0.1, 0.15) is 5.75 Å². The minimum atomic E-state index is -0.526. The molecule has 0 saturated heterocycles. The summed E-state index contributed by atoms with van der Waals surface area (Å²) in [4.78, 5) is 23.8. The molecule has 0 saturated carbocycles. The van der Waals surface area contributed by atoms with E-state index in [2.05, 4.69) is 5.32 Å². The number of ether oxygens (including phenoxy) is 2. The lowest BCUT2D eigenvalue weighted by atomic mass is 10.1. The van der Waals surface area contributed by atoms with E-state index >= 15 is 0 Å². The first-order valence-corrected chi connectivity index (χ1v) is 7.35. The van der Waals surface area contributed by atoms with Crippen LogP contribution in [0.5, 0.6) is 5.75 Å². The fourth-order valence-electron chi connectivity index (χ4n) is 2.02. The van der Waals surface area contributed by atoms with Crippen LogP contribution in [0.4, 0.5) is 5.69 Å². The van der Waals surface area contributed by atoms with Gasteiger partial charge < -0.3 is 14.8 Å². The molecule has 23 heavy (non-hydrogen) atoms. The van der Waals surface area contributed by atoms with Crippen LogP contribution >= 0.6 is 0 Å². The molecule has 1 amide bonds. The Morgan fingerprint density at radius 2 is 1.87 bits per heavy atom. The average Bonchev–Trinajstić information content (AvgIpc) is 2.54. The molecule has 0 spiro atoms. The standard InChI is InChI=1S/C18H19NO4/c1-3-22-16-10-5-4-9-15(16)19-17(20)12-23-18(21)14-8-6-7-13(2)11-14/h4-11H,3,12H2,1-2H3,(H,19,20). The molecule has 0 heterocycles. The predicted molar refractivity (Wildman–Crippen MR) is 87.7 cm³/mol. The maximum Gasteiger partial charge on any atom is 0.338 e. The van der Waals surface area contributed by atoms with Crippen LogP contribution in [-0.2, 0) is 9.53 Å². The molecule has 2 aromatic carbocycles. The van der Waals surface area contributed by atoms with Crippen LogP contribution in [0.3, 0.4) is 0 Å². The molecule has 2 aromatic rings. The van der Waals surface area contributed by atoms with Crippen molar-refractivity contribution < 1.29 is 19.1 Å². The van der Waals surface area contributed by atoms with Crippen molar-refractivity contribution in [2.24, 2.45) is 0 Å². The Morgan fingerprint density at radius 3 is 2.61 bits per heavy atom. The molecule has 0 aromatic heterocycles. The fourth-order valence-corrected chi connectivity index (χ4v) is 2.02. The molecule has 0 radical (unpaired) electrons. The molecule has 5 nitrogen and oxygen atoms in total. The molecule has 0 bridgehead atoms. The Morgan fingerprint density at radius 1 is 1.09 bits per heavy atom. The molecule has 0 aliphatic heterocycles. The quantitative estimate of drug-likeness (QED) is 0.832. The number of aryl methyl sites for hydroxylation is 1. The van der Waals surface area contributed by atoms with E-state index < -0.39 is 11.9 Å². The van der Waals surface area contributed by atoms with Gasteiger partial charge in [0.2, 0.25) is 0 Å². The Labute approximate surface area is 135 Å². The van der Waals surface area contributed by atoms with E-state index in [0.717, 1.165) is 5.56 Å². The first-order chi connectivity index (χ1) is 11.1. The van der Waals surface area contributed by atoms with Gasteiger partial charge in [-0.15, -0.1) is 0 Å². The van der Waals surface area contributed by atoms with Gasteiger partial charge in [-0.1, -0.05) is 29.8 Å². The zero-order chi connectivity index (χ0) is 16.7. The molecule has 0 fully saturated rings. The summed E-state index contributed by atoms with van der Waals surface area (Å²) in [6.07, 6.45) is 0. The summed E-state index contributed by atoms with van der Waals surface area (Å²) in [7, 11) is 0. The van der Waals surface area contributed by atoms with Crippen LogP contribution in [0.1, 0.15) is 22.8 Å². The molecule has 1 N–H and O–H groups in total. The van der Waals surface area contributed by atoms with Crippen LogP contribution < -0.4 is 10.1 Å². The monoisotopic (exact) mass is 313 g/mol. The van der Waals surface area contributed by atoms with Crippen molar-refractivity contribution in [3.63, 3.8) is 0 Å². The first-order valence-electron chi connectivity index (χ1n) is 7.35. The van der Waals surface area contributed by atoms with Crippen molar-refractivity contribution in [2.45, 2.75) is 13.8 Å². The van der Waals surface area contributed by atoms with Crippen molar-refractivity contribution in [1.82, 2.24) is 0 Å². The Balaban J connectivity index is 1.92. The van der Waals surface area contributed by atoms with E-state index in [4.69, 9.17) is 9.47 Å². The van der Waals surface area contributed by atoms with Crippen LogP contribution in [0.15, 0.2) is 48.5 Å². The number of benzene rings is 2. The minimum absolute atomic E-state index is 0.354. The summed E-state index contributed by atoms with van der Waals surface area (Å²) in [5.74, 6) is -0.367. The molecule has 0 aliphatic rings. The van der Waals surface area contributed by atoms with Crippen LogP contribution in [0, 0.1) is 6.92 Å². The Kier molecular flexibility index (Phi) is 5.74. The fraction of sp³-hybridized carbons (Fsp3) is 0.222. The summed E-state index contributed by atoms with van der Waals surface area (Å²) >= 11 is 0. The van der Waals surface area contributed by atoms with Gasteiger partial charge in [-0.3, -0.25) is 4.79 Å². The van der Waals surface area contributed by atoms with Gasteiger partial charge in [0.25, 0.3) is 5.91 Å². The van der Waals surface area contributed by atoms with Crippen molar-refractivity contribution in [3.8, 4) is 5.75 Å². The van der Waals surface area contributed by atoms with Gasteiger partial charge >= 0.3 is 5.97 Å². The number of carbonyl (C=O) groups excluding carboxylic acids is 2. The maximum absolute atomic E-state index is 11.9. The normalized spacial score (nSPS) is 10.0. The van der Waals surface area contributed by atoms with E-state index in [1.807, 2.05) is 26.0 Å². The smallest absolute Gasteiger partial charge is 0.338 e. The SMILES string of the molecule is CCOc1ccccc1NC(=O)COC(=O)c1cccc(C)c1. The molecule has 0 aliphatic carbocycles. The van der Waals surface area contributed by atoms with Gasteiger partial charge in [-0.2, -0.15) is 0 Å². The highest BCUT2D eigenvalue weighted by atomic mass is 16.5. The van der Waals surface area contributed by atoms with Crippen molar-refractivity contribution >= 4 is 17.6 Å². The van der Waals surface area contributed by atoms with Gasteiger partial charge in [-0.25, -0.2) is 4.79 Å². The predicted octanol–water partition coefficient (Wildman–Crippen LogP) is 3.19. The van der Waals surface area contributed by atoms with Crippen LogP contribution in [-0.4, -0.2) is 25.1 Å². The number of esters is 1. The number of rotatable bonds is 6. The van der Waals surface area contributed by atoms with Gasteiger partial charge in [0.15, 0.2) is 6.61 Å². The molecule has 5 heteroatoms. The van der Waals surface area contributed by atoms with E-state index in [1.54, 1.807) is 36.4 Å². The van der Waals surface area contributed by atoms with E-state index in [9.17, 15) is 9.59 Å². The van der Waals surface area contributed by atoms with Gasteiger partial charge in [0, 0.05) is 0 Å². The van der Waals surface area contributed by atoms with Crippen molar-refractivity contribution in [3.05, 3.63) is 59.7 Å². The molecule has 0 unspecified atom stereocenters. The topological polar surface area (TPSA) is 64.6 Å². The highest BCUT2D eigenvalue weighted by Gasteiger charge is 2.12. The number of hydrogen-bond donors (Lipinski definition) is 1. The van der Waals surface area contributed by atoms with Crippen LogP contribution in [0.2, 0.25) is 0 Å². The largest absolute Gasteiger partial charge is 0.492 e. The summed E-state index contributed by atoms with van der Waals surface area (Å²) in [6, 6.07) is 14.1. The Hall–Kier alpha value is -2.82. The van der Waals surface area contributed by atoms with Crippen molar-refractivity contribution in [2.75, 3.05) is 18.5 Å². The zero-order valence-corrected chi connectivity index (χ0v) is 13.2. The van der Waals surface area contributed by atoms with Crippen molar-refractivity contribution in [1.29, 1.82) is 0 Å². The minimum Gasteiger partial charge on any atom is -0.492 e. The second-order valence-electron chi connectivity index (χ2n) is 4.92. The summed E-state index contributed by atoms with van der Waals surface area (Å²) in [5.41, 5.74) is 1.92. The average molecular weight is 313 g/mol. The molecular weight excluding hydrogens is 294 g/mol. The Bertz CT molecular complexity index is 697. The van der Waals surface area contributed by atoms with Crippen LogP contribution in [0.25, 0.3) is 0 Å². The molecule has 120 valence electrons. The lowest BCUT2D eigenvalue weighted by Crippen LogP contribution is -2.21. The van der Waals surface area contributed by atoms with Gasteiger partial charge in [-0.05, 0) is 38.1 Å². The number of carbonyl (C=O) groups is 2. The molecule has 0 atom stereocenters. The summed E-state index contributed by atoms with van der Waals surface area (Å²) in [6.45, 7) is 3.89.